The standard InChI is InChI=1S/C21H21N7OS/c1-20(5-6-20)30(3,29)27-13-21(14-27,7-8-22)28-12-15(10-26-28)18-16-4-9-24-19(16)25-11-17(18)23-2/h4,9-12H,3,5-7,13-14H2,1H3,(H,24,25). The van der Waals surface area contributed by atoms with Crippen LogP contribution in [0.2, 0.25) is 0 Å². The minimum atomic E-state index is -2.37. The van der Waals surface area contributed by atoms with Gasteiger partial charge in [-0.05, 0) is 31.7 Å². The van der Waals surface area contributed by atoms with Gasteiger partial charge < -0.3 is 4.98 Å². The van der Waals surface area contributed by atoms with Crippen molar-refractivity contribution in [1.29, 1.82) is 5.26 Å². The molecule has 0 bridgehead atoms. The van der Waals surface area contributed by atoms with Crippen LogP contribution in [0.1, 0.15) is 26.2 Å². The first-order valence-corrected chi connectivity index (χ1v) is 11.4. The Hall–Kier alpha value is -3.14. The Labute approximate surface area is 175 Å². The van der Waals surface area contributed by atoms with E-state index in [9.17, 15) is 9.47 Å². The second kappa shape index (κ2) is 6.18. The third-order valence-corrected chi connectivity index (χ3v) is 9.58. The van der Waals surface area contributed by atoms with Gasteiger partial charge in [0.15, 0.2) is 0 Å². The molecule has 8 nitrogen and oxygen atoms in total. The molecule has 152 valence electrons. The second-order valence-corrected chi connectivity index (χ2v) is 11.3. The van der Waals surface area contributed by atoms with E-state index in [1.54, 1.807) is 23.3 Å². The molecular weight excluding hydrogens is 398 g/mol. The topological polar surface area (TPSA) is 95.0 Å². The molecule has 1 saturated heterocycles. The van der Waals surface area contributed by atoms with Crippen molar-refractivity contribution >= 4 is 32.3 Å². The predicted octanol–water partition coefficient (Wildman–Crippen LogP) is 3.09. The lowest BCUT2D eigenvalue weighted by Crippen LogP contribution is -2.65. The molecule has 0 radical (unpaired) electrons. The first-order chi connectivity index (χ1) is 14.3. The van der Waals surface area contributed by atoms with Crippen LogP contribution in [0.3, 0.4) is 0 Å². The summed E-state index contributed by atoms with van der Waals surface area (Å²) in [6.45, 7) is 10.5. The summed E-state index contributed by atoms with van der Waals surface area (Å²) in [5, 5.41) is 14.9. The molecule has 4 heterocycles. The lowest BCUT2D eigenvalue weighted by molar-refractivity contribution is 0.0749. The van der Waals surface area contributed by atoms with Crippen LogP contribution in [0.5, 0.6) is 0 Å². The normalized spacial score (nSPS) is 21.3. The molecule has 0 aromatic carbocycles. The van der Waals surface area contributed by atoms with Gasteiger partial charge in [0.25, 0.3) is 0 Å². The van der Waals surface area contributed by atoms with Crippen LogP contribution in [0.25, 0.3) is 27.0 Å². The van der Waals surface area contributed by atoms with Crippen molar-refractivity contribution in [2.75, 3.05) is 13.1 Å². The summed E-state index contributed by atoms with van der Waals surface area (Å²) >= 11 is 0. The van der Waals surface area contributed by atoms with Gasteiger partial charge in [-0.2, -0.15) is 10.4 Å². The van der Waals surface area contributed by atoms with Gasteiger partial charge in [0.2, 0.25) is 5.69 Å². The van der Waals surface area contributed by atoms with E-state index >= 15 is 0 Å². The Morgan fingerprint density at radius 2 is 2.20 bits per heavy atom. The Morgan fingerprint density at radius 3 is 2.87 bits per heavy atom. The summed E-state index contributed by atoms with van der Waals surface area (Å²) in [7, 11) is -2.37. The molecule has 1 saturated carbocycles. The minimum absolute atomic E-state index is 0.220. The fraction of sp³-hybridized carbons (Fsp3) is 0.381. The molecule has 1 atom stereocenters. The first kappa shape index (κ1) is 18.9. The zero-order chi connectivity index (χ0) is 21.1. The summed E-state index contributed by atoms with van der Waals surface area (Å²) in [6.07, 6.45) is 9.08. The number of hydrogen-bond donors (Lipinski definition) is 1. The van der Waals surface area contributed by atoms with E-state index in [-0.39, 0.29) is 11.2 Å². The molecule has 3 aromatic heterocycles. The van der Waals surface area contributed by atoms with E-state index in [4.69, 9.17) is 6.57 Å². The number of nitriles is 1. The molecule has 3 aromatic rings. The third-order valence-electron chi connectivity index (χ3n) is 6.53. The fourth-order valence-corrected chi connectivity index (χ4v) is 6.47. The Morgan fingerprint density at radius 1 is 1.43 bits per heavy atom. The highest BCUT2D eigenvalue weighted by Crippen LogP contribution is 2.48. The molecule has 0 spiro atoms. The average Bonchev–Trinajstić information content (AvgIpc) is 3.10. The molecule has 1 aliphatic carbocycles. The van der Waals surface area contributed by atoms with E-state index < -0.39 is 15.2 Å². The van der Waals surface area contributed by atoms with Gasteiger partial charge in [0.05, 0.1) is 25.3 Å². The SMILES string of the molecule is [C-]#[N+]c1cnc2[nH]ccc2c1-c1cnn(C2(CC#N)CN(S(=C)(=O)C3(C)CC3)C2)c1. The number of H-pyrrole nitrogens is 1. The number of nitrogens with one attached hydrogen (secondary N) is 1. The van der Waals surface area contributed by atoms with E-state index in [0.717, 1.165) is 29.4 Å². The summed E-state index contributed by atoms with van der Waals surface area (Å²) in [6, 6.07) is 4.17. The largest absolute Gasteiger partial charge is 0.346 e. The first-order valence-electron chi connectivity index (χ1n) is 9.72. The minimum Gasteiger partial charge on any atom is -0.346 e. The van der Waals surface area contributed by atoms with Gasteiger partial charge in [0, 0.05) is 62.6 Å². The van der Waals surface area contributed by atoms with Crippen molar-refractivity contribution in [3.63, 3.8) is 0 Å². The fourth-order valence-electron chi connectivity index (χ4n) is 4.21. The molecule has 1 unspecified atom stereocenters. The van der Waals surface area contributed by atoms with Crippen molar-refractivity contribution in [2.24, 2.45) is 0 Å². The van der Waals surface area contributed by atoms with E-state index in [0.29, 0.717) is 24.4 Å². The van der Waals surface area contributed by atoms with E-state index in [1.807, 2.05) is 23.5 Å². The average molecular weight is 420 g/mol. The second-order valence-electron chi connectivity index (χ2n) is 8.49. The molecule has 5 rings (SSSR count). The van der Waals surface area contributed by atoms with Crippen LogP contribution in [0, 0.1) is 17.9 Å². The van der Waals surface area contributed by atoms with Crippen molar-refractivity contribution in [2.45, 2.75) is 36.5 Å². The summed E-state index contributed by atoms with van der Waals surface area (Å²) < 4.78 is 16.8. The molecular formula is C21H21N7OS. The van der Waals surface area contributed by atoms with Crippen LogP contribution in [-0.2, 0) is 15.2 Å². The highest BCUT2D eigenvalue weighted by Gasteiger charge is 2.55. The number of pyridine rings is 1. The maximum atomic E-state index is 13.3. The summed E-state index contributed by atoms with van der Waals surface area (Å²) in [5.74, 6) is 4.05. The van der Waals surface area contributed by atoms with Gasteiger partial charge in [-0.25, -0.2) is 9.15 Å². The molecule has 0 amide bonds. The number of nitrogens with zero attached hydrogens (tertiary/aromatic N) is 6. The smallest absolute Gasteiger partial charge is 0.213 e. The Kier molecular flexibility index (Phi) is 3.88. The van der Waals surface area contributed by atoms with Crippen LogP contribution in [0.4, 0.5) is 5.69 Å². The van der Waals surface area contributed by atoms with Crippen LogP contribution >= 0.6 is 0 Å². The van der Waals surface area contributed by atoms with Crippen molar-refractivity contribution in [3.8, 4) is 17.2 Å². The highest BCUT2D eigenvalue weighted by atomic mass is 32.2. The van der Waals surface area contributed by atoms with Crippen molar-refractivity contribution < 1.29 is 4.21 Å². The third kappa shape index (κ3) is 2.53. The lowest BCUT2D eigenvalue weighted by Gasteiger charge is -2.51. The molecule has 2 aliphatic rings. The van der Waals surface area contributed by atoms with Gasteiger partial charge in [-0.1, -0.05) is 0 Å². The van der Waals surface area contributed by atoms with Crippen LogP contribution in [-0.4, -0.2) is 52.0 Å². The maximum Gasteiger partial charge on any atom is 0.213 e. The van der Waals surface area contributed by atoms with Crippen molar-refractivity contribution in [3.05, 3.63) is 42.3 Å². The quantitative estimate of drug-likeness (QED) is 0.508. The molecule has 9 heteroatoms. The Balaban J connectivity index is 1.52. The predicted molar refractivity (Wildman–Crippen MR) is 116 cm³/mol. The van der Waals surface area contributed by atoms with E-state index in [2.05, 4.69) is 31.9 Å². The maximum absolute atomic E-state index is 13.3. The van der Waals surface area contributed by atoms with Crippen molar-refractivity contribution in [1.82, 2.24) is 24.1 Å². The van der Waals surface area contributed by atoms with Gasteiger partial charge in [-0.15, -0.1) is 0 Å². The molecule has 2 fully saturated rings. The number of hydrogen-bond acceptors (Lipinski definition) is 4. The van der Waals surface area contributed by atoms with Gasteiger partial charge in [-0.3, -0.25) is 13.9 Å². The molecule has 30 heavy (non-hydrogen) atoms. The van der Waals surface area contributed by atoms with Crippen LogP contribution < -0.4 is 0 Å². The summed E-state index contributed by atoms with van der Waals surface area (Å²) in [4.78, 5) is 11.0. The van der Waals surface area contributed by atoms with Gasteiger partial charge in [0.1, 0.15) is 11.2 Å². The summed E-state index contributed by atoms with van der Waals surface area (Å²) in [5.41, 5.74) is 2.20. The highest BCUT2D eigenvalue weighted by molar-refractivity contribution is 7.99. The monoisotopic (exact) mass is 419 g/mol. The zero-order valence-corrected chi connectivity index (χ0v) is 17.4. The number of aromatic amines is 1. The van der Waals surface area contributed by atoms with E-state index in [1.165, 1.54) is 0 Å². The number of aromatic nitrogens is 4. The zero-order valence-electron chi connectivity index (χ0n) is 16.6. The van der Waals surface area contributed by atoms with Crippen LogP contribution in [0.15, 0.2) is 30.9 Å². The Bertz CT molecular complexity index is 1340. The molecule has 1 aliphatic heterocycles. The molecule has 1 N–H and O–H groups in total. The number of rotatable bonds is 5. The number of fused-ring (bicyclic) bond motifs is 1. The van der Waals surface area contributed by atoms with Gasteiger partial charge >= 0.3 is 0 Å². The lowest BCUT2D eigenvalue weighted by atomic mass is 9.89.